The molecule has 3 atom stereocenters. The molecule has 1 aromatic rings. The van der Waals surface area contributed by atoms with Gasteiger partial charge in [-0.05, 0) is 24.8 Å². The molecule has 0 aromatic heterocycles. The maximum Gasteiger partial charge on any atom is 0.410 e. The average Bonchev–Trinajstić information content (AvgIpc) is 3.06. The molecular formula is C19H24N2O5. The zero-order valence-corrected chi connectivity index (χ0v) is 14.8. The van der Waals surface area contributed by atoms with Gasteiger partial charge in [0.15, 0.2) is 0 Å². The van der Waals surface area contributed by atoms with Crippen LogP contribution in [0.5, 0.6) is 0 Å². The molecule has 2 amide bonds. The van der Waals surface area contributed by atoms with E-state index in [1.807, 2.05) is 30.3 Å². The van der Waals surface area contributed by atoms with Crippen LogP contribution in [0.25, 0.3) is 0 Å². The molecule has 2 saturated heterocycles. The lowest BCUT2D eigenvalue weighted by atomic mass is 10.0. The second kappa shape index (κ2) is 7.76. The third-order valence-electron chi connectivity index (χ3n) is 5.15. The van der Waals surface area contributed by atoms with E-state index in [1.165, 1.54) is 4.90 Å². The molecule has 2 heterocycles. The Morgan fingerprint density at radius 3 is 2.62 bits per heavy atom. The van der Waals surface area contributed by atoms with Crippen LogP contribution in [0.3, 0.4) is 0 Å². The summed E-state index contributed by atoms with van der Waals surface area (Å²) in [6.45, 7) is 2.62. The largest absolute Gasteiger partial charge is 0.480 e. The third kappa shape index (κ3) is 3.81. The van der Waals surface area contributed by atoms with Gasteiger partial charge in [0.2, 0.25) is 5.91 Å². The number of aliphatic carboxylic acids is 1. The highest BCUT2D eigenvalue weighted by Gasteiger charge is 2.44. The van der Waals surface area contributed by atoms with Crippen LogP contribution in [0, 0.1) is 5.92 Å². The maximum atomic E-state index is 12.7. The molecule has 0 aliphatic carbocycles. The first-order chi connectivity index (χ1) is 12.5. The van der Waals surface area contributed by atoms with Crippen molar-refractivity contribution in [2.24, 2.45) is 5.92 Å². The number of nitrogens with zero attached hydrogens (tertiary/aromatic N) is 2. The molecular weight excluding hydrogens is 336 g/mol. The van der Waals surface area contributed by atoms with E-state index in [0.29, 0.717) is 25.8 Å². The molecule has 1 aromatic carbocycles. The average molecular weight is 360 g/mol. The van der Waals surface area contributed by atoms with Gasteiger partial charge in [0.05, 0.1) is 5.92 Å². The van der Waals surface area contributed by atoms with Crippen molar-refractivity contribution < 1.29 is 24.2 Å². The van der Waals surface area contributed by atoms with Gasteiger partial charge in [-0.1, -0.05) is 37.3 Å². The van der Waals surface area contributed by atoms with Gasteiger partial charge in [-0.15, -0.1) is 0 Å². The van der Waals surface area contributed by atoms with E-state index in [4.69, 9.17) is 4.74 Å². The predicted octanol–water partition coefficient (Wildman–Crippen LogP) is 2.11. The first-order valence-corrected chi connectivity index (χ1v) is 8.98. The van der Waals surface area contributed by atoms with Gasteiger partial charge in [0.1, 0.15) is 12.6 Å². The van der Waals surface area contributed by atoms with Crippen molar-refractivity contribution in [2.75, 3.05) is 13.1 Å². The molecule has 2 fully saturated rings. The van der Waals surface area contributed by atoms with Crippen molar-refractivity contribution in [1.29, 1.82) is 0 Å². The fraction of sp³-hybridized carbons (Fsp3) is 0.526. The Balaban J connectivity index is 1.64. The number of carboxylic acids is 1. The maximum absolute atomic E-state index is 12.7. The summed E-state index contributed by atoms with van der Waals surface area (Å²) in [7, 11) is 0. The van der Waals surface area contributed by atoms with Crippen molar-refractivity contribution in [2.45, 2.75) is 44.9 Å². The summed E-state index contributed by atoms with van der Waals surface area (Å²) < 4.78 is 5.39. The van der Waals surface area contributed by atoms with E-state index in [1.54, 1.807) is 11.8 Å². The van der Waals surface area contributed by atoms with E-state index in [9.17, 15) is 19.5 Å². The summed E-state index contributed by atoms with van der Waals surface area (Å²) in [6, 6.07) is 8.56. The highest BCUT2D eigenvalue weighted by Crippen LogP contribution is 2.30. The van der Waals surface area contributed by atoms with Crippen molar-refractivity contribution in [3.8, 4) is 0 Å². The standard InChI is InChI=1S/C19H24N2O5/c1-13-11-20(19(25)26-12-14-5-3-2-4-6-14)10-9-15-7-8-16(18(23)24)21(15)17(13)22/h2-6,13,15-16H,7-12H2,1H3,(H,23,24)/t13-,15+,16-/m0/s1. The Labute approximate surface area is 152 Å². The van der Waals surface area contributed by atoms with Crippen LogP contribution in [-0.2, 0) is 20.9 Å². The van der Waals surface area contributed by atoms with Crippen LogP contribution in [0.15, 0.2) is 30.3 Å². The van der Waals surface area contributed by atoms with Gasteiger partial charge < -0.3 is 19.6 Å². The van der Waals surface area contributed by atoms with Crippen LogP contribution in [0.1, 0.15) is 31.7 Å². The molecule has 26 heavy (non-hydrogen) atoms. The first kappa shape index (κ1) is 18.2. The number of ether oxygens (including phenoxy) is 1. The molecule has 140 valence electrons. The number of hydrogen-bond acceptors (Lipinski definition) is 4. The van der Waals surface area contributed by atoms with Gasteiger partial charge in [-0.25, -0.2) is 9.59 Å². The Morgan fingerprint density at radius 1 is 1.19 bits per heavy atom. The van der Waals surface area contributed by atoms with E-state index >= 15 is 0 Å². The fourth-order valence-corrected chi connectivity index (χ4v) is 3.78. The SMILES string of the molecule is C[C@H]1CN(C(=O)OCc2ccccc2)CC[C@H]2CC[C@@H](C(=O)O)N2C1=O. The van der Waals surface area contributed by atoms with Gasteiger partial charge in [0.25, 0.3) is 0 Å². The lowest BCUT2D eigenvalue weighted by Crippen LogP contribution is -2.52. The fourth-order valence-electron chi connectivity index (χ4n) is 3.78. The first-order valence-electron chi connectivity index (χ1n) is 8.98. The lowest BCUT2D eigenvalue weighted by molar-refractivity contribution is -0.152. The minimum absolute atomic E-state index is 0.129. The molecule has 7 nitrogen and oxygen atoms in total. The monoisotopic (exact) mass is 360 g/mol. The number of amides is 2. The van der Waals surface area contributed by atoms with E-state index in [0.717, 1.165) is 5.56 Å². The number of hydrogen-bond donors (Lipinski definition) is 1. The molecule has 0 spiro atoms. The highest BCUT2D eigenvalue weighted by atomic mass is 16.6. The summed E-state index contributed by atoms with van der Waals surface area (Å²) in [5, 5.41) is 9.36. The molecule has 3 rings (SSSR count). The van der Waals surface area contributed by atoms with E-state index in [-0.39, 0.29) is 25.1 Å². The van der Waals surface area contributed by atoms with Crippen LogP contribution >= 0.6 is 0 Å². The molecule has 2 aliphatic heterocycles. The zero-order valence-electron chi connectivity index (χ0n) is 14.8. The topological polar surface area (TPSA) is 87.2 Å². The minimum atomic E-state index is -0.951. The normalized spacial score (nSPS) is 26.0. The molecule has 0 bridgehead atoms. The van der Waals surface area contributed by atoms with Crippen LogP contribution in [0.2, 0.25) is 0 Å². The molecule has 0 radical (unpaired) electrons. The van der Waals surface area contributed by atoms with Crippen molar-refractivity contribution in [3.05, 3.63) is 35.9 Å². The number of rotatable bonds is 3. The molecule has 0 saturated carbocycles. The lowest BCUT2D eigenvalue weighted by Gasteiger charge is -2.36. The Hall–Kier alpha value is -2.57. The van der Waals surface area contributed by atoms with Crippen molar-refractivity contribution in [3.63, 3.8) is 0 Å². The highest BCUT2D eigenvalue weighted by molar-refractivity contribution is 5.86. The smallest absolute Gasteiger partial charge is 0.410 e. The molecule has 2 aliphatic rings. The summed E-state index contributed by atoms with van der Waals surface area (Å²) in [5.74, 6) is -1.60. The number of benzene rings is 1. The van der Waals surface area contributed by atoms with Gasteiger partial charge in [-0.2, -0.15) is 0 Å². The summed E-state index contributed by atoms with van der Waals surface area (Å²) in [4.78, 5) is 39.7. The summed E-state index contributed by atoms with van der Waals surface area (Å²) in [6.07, 6.45) is 1.26. The van der Waals surface area contributed by atoms with Crippen molar-refractivity contribution in [1.82, 2.24) is 9.80 Å². The number of carbonyl (C=O) groups excluding carboxylic acids is 2. The third-order valence-corrected chi connectivity index (χ3v) is 5.15. The Morgan fingerprint density at radius 2 is 1.92 bits per heavy atom. The molecule has 7 heteroatoms. The van der Waals surface area contributed by atoms with E-state index in [2.05, 4.69) is 0 Å². The Kier molecular flexibility index (Phi) is 5.44. The second-order valence-electron chi connectivity index (χ2n) is 7.01. The quantitative estimate of drug-likeness (QED) is 0.892. The van der Waals surface area contributed by atoms with Gasteiger partial charge in [-0.3, -0.25) is 4.79 Å². The van der Waals surface area contributed by atoms with Crippen LogP contribution in [-0.4, -0.2) is 58.0 Å². The summed E-state index contributed by atoms with van der Waals surface area (Å²) >= 11 is 0. The van der Waals surface area contributed by atoms with E-state index < -0.39 is 24.0 Å². The number of fused-ring (bicyclic) bond motifs is 1. The molecule has 1 N–H and O–H groups in total. The molecule has 0 unspecified atom stereocenters. The predicted molar refractivity (Wildman–Crippen MR) is 93.3 cm³/mol. The zero-order chi connectivity index (χ0) is 18.7. The number of carbonyl (C=O) groups is 3. The van der Waals surface area contributed by atoms with Gasteiger partial charge in [0, 0.05) is 19.1 Å². The second-order valence-corrected chi connectivity index (χ2v) is 7.01. The summed E-state index contributed by atoms with van der Waals surface area (Å²) in [5.41, 5.74) is 0.906. The minimum Gasteiger partial charge on any atom is -0.480 e. The van der Waals surface area contributed by atoms with Crippen LogP contribution < -0.4 is 0 Å². The number of carboxylic acid groups (broad SMARTS) is 1. The van der Waals surface area contributed by atoms with Gasteiger partial charge >= 0.3 is 12.1 Å². The Bertz CT molecular complexity index is 678. The van der Waals surface area contributed by atoms with Crippen LogP contribution in [0.4, 0.5) is 4.79 Å². The van der Waals surface area contributed by atoms with Crippen molar-refractivity contribution >= 4 is 18.0 Å².